The number of para-hydroxylation sites is 2. The van der Waals surface area contributed by atoms with E-state index in [2.05, 4.69) is 0 Å². The van der Waals surface area contributed by atoms with E-state index in [1.807, 2.05) is 73.0 Å². The van der Waals surface area contributed by atoms with Crippen LogP contribution in [0, 0.1) is 13.8 Å². The highest BCUT2D eigenvalue weighted by Crippen LogP contribution is 2.34. The summed E-state index contributed by atoms with van der Waals surface area (Å²) < 4.78 is 7.99. The van der Waals surface area contributed by atoms with Crippen LogP contribution in [-0.4, -0.2) is 39.8 Å². The van der Waals surface area contributed by atoms with Crippen molar-refractivity contribution in [3.05, 3.63) is 88.7 Å². The molecule has 0 radical (unpaired) electrons. The zero-order chi connectivity index (χ0) is 24.5. The average Bonchev–Trinajstić information content (AvgIpc) is 3.41. The van der Waals surface area contributed by atoms with E-state index in [4.69, 9.17) is 21.3 Å². The summed E-state index contributed by atoms with van der Waals surface area (Å²) in [4.78, 5) is 19.6. The van der Waals surface area contributed by atoms with E-state index in [1.54, 1.807) is 17.0 Å². The number of imidazole rings is 1. The summed E-state index contributed by atoms with van der Waals surface area (Å²) in [5.41, 5.74) is 4.75. The van der Waals surface area contributed by atoms with E-state index >= 15 is 0 Å². The molecule has 7 heteroatoms. The van der Waals surface area contributed by atoms with Gasteiger partial charge in [-0.2, -0.15) is 0 Å². The SMILES string of the molecule is Cc1ccc(C)c(OCC(O)Cn2c(C3CC(=O)N(c4ccc(Cl)cc4)C3)nc3ccccc32)c1. The lowest BCUT2D eigenvalue weighted by molar-refractivity contribution is -0.117. The highest BCUT2D eigenvalue weighted by molar-refractivity contribution is 6.30. The molecule has 35 heavy (non-hydrogen) atoms. The number of amides is 1. The summed E-state index contributed by atoms with van der Waals surface area (Å²) >= 11 is 6.02. The lowest BCUT2D eigenvalue weighted by Gasteiger charge is -2.19. The molecule has 2 unspecified atom stereocenters. The second-order valence-corrected chi connectivity index (χ2v) is 9.62. The maximum absolute atomic E-state index is 12.9. The number of aliphatic hydroxyl groups excluding tert-OH is 1. The van der Waals surface area contributed by atoms with Crippen LogP contribution in [0.3, 0.4) is 0 Å². The average molecular weight is 490 g/mol. The lowest BCUT2D eigenvalue weighted by atomic mass is 10.1. The van der Waals surface area contributed by atoms with E-state index in [0.717, 1.165) is 39.4 Å². The molecule has 1 aliphatic rings. The van der Waals surface area contributed by atoms with Crippen molar-refractivity contribution in [2.45, 2.75) is 38.8 Å². The Labute approximate surface area is 209 Å². The van der Waals surface area contributed by atoms with Gasteiger partial charge in [0.25, 0.3) is 0 Å². The minimum atomic E-state index is -0.740. The molecule has 3 aromatic carbocycles. The van der Waals surface area contributed by atoms with Gasteiger partial charge in [0.15, 0.2) is 0 Å². The maximum atomic E-state index is 12.9. The summed E-state index contributed by atoms with van der Waals surface area (Å²) in [5, 5.41) is 11.5. The molecule has 0 aliphatic carbocycles. The first-order valence-electron chi connectivity index (χ1n) is 11.8. The van der Waals surface area contributed by atoms with Crippen LogP contribution in [0.4, 0.5) is 5.69 Å². The van der Waals surface area contributed by atoms with Crippen molar-refractivity contribution in [3.8, 4) is 5.75 Å². The topological polar surface area (TPSA) is 67.6 Å². The predicted molar refractivity (Wildman–Crippen MR) is 138 cm³/mol. The zero-order valence-electron chi connectivity index (χ0n) is 19.8. The fraction of sp³-hybridized carbons (Fsp3) is 0.286. The molecule has 0 saturated carbocycles. The maximum Gasteiger partial charge on any atom is 0.227 e. The van der Waals surface area contributed by atoms with Crippen molar-refractivity contribution in [2.24, 2.45) is 0 Å². The van der Waals surface area contributed by atoms with E-state index < -0.39 is 6.10 Å². The van der Waals surface area contributed by atoms with Crippen LogP contribution in [0.15, 0.2) is 66.7 Å². The number of hydrogen-bond acceptors (Lipinski definition) is 4. The Morgan fingerprint density at radius 2 is 1.89 bits per heavy atom. The third-order valence-corrected chi connectivity index (χ3v) is 6.73. The molecule has 180 valence electrons. The number of hydrogen-bond donors (Lipinski definition) is 1. The summed E-state index contributed by atoms with van der Waals surface area (Å²) in [5.74, 6) is 1.55. The summed E-state index contributed by atoms with van der Waals surface area (Å²) in [6, 6.07) is 21.2. The third kappa shape index (κ3) is 4.90. The van der Waals surface area contributed by atoms with Crippen LogP contribution in [0.1, 0.15) is 29.3 Å². The molecule has 6 nitrogen and oxygen atoms in total. The summed E-state index contributed by atoms with van der Waals surface area (Å²) in [6.45, 7) is 5.02. The Kier molecular flexibility index (Phi) is 6.50. The van der Waals surface area contributed by atoms with Crippen molar-refractivity contribution < 1.29 is 14.6 Å². The van der Waals surface area contributed by atoms with Gasteiger partial charge in [0.2, 0.25) is 5.91 Å². The van der Waals surface area contributed by atoms with Gasteiger partial charge in [0, 0.05) is 29.6 Å². The minimum absolute atomic E-state index is 0.0507. The monoisotopic (exact) mass is 489 g/mol. The number of anilines is 1. The molecule has 1 aromatic heterocycles. The Morgan fingerprint density at radius 1 is 1.11 bits per heavy atom. The van der Waals surface area contributed by atoms with Gasteiger partial charge in [-0.05, 0) is 67.4 Å². The van der Waals surface area contributed by atoms with Gasteiger partial charge in [0.1, 0.15) is 24.3 Å². The highest BCUT2D eigenvalue weighted by atomic mass is 35.5. The van der Waals surface area contributed by atoms with Crippen molar-refractivity contribution >= 4 is 34.2 Å². The van der Waals surface area contributed by atoms with Crippen LogP contribution in [0.5, 0.6) is 5.75 Å². The Bertz CT molecular complexity index is 1370. The molecule has 5 rings (SSSR count). The molecule has 1 saturated heterocycles. The van der Waals surface area contributed by atoms with Crippen molar-refractivity contribution in [2.75, 3.05) is 18.1 Å². The number of halogens is 1. The van der Waals surface area contributed by atoms with Crippen LogP contribution in [0.25, 0.3) is 11.0 Å². The number of nitrogens with zero attached hydrogens (tertiary/aromatic N) is 3. The molecule has 0 bridgehead atoms. The zero-order valence-corrected chi connectivity index (χ0v) is 20.6. The van der Waals surface area contributed by atoms with Crippen LogP contribution >= 0.6 is 11.6 Å². The molecular formula is C28H28ClN3O3. The first-order valence-corrected chi connectivity index (χ1v) is 12.2. The second kappa shape index (κ2) is 9.72. The minimum Gasteiger partial charge on any atom is -0.491 e. The summed E-state index contributed by atoms with van der Waals surface area (Å²) in [6.07, 6.45) is -0.378. The smallest absolute Gasteiger partial charge is 0.227 e. The molecular weight excluding hydrogens is 462 g/mol. The largest absolute Gasteiger partial charge is 0.491 e. The van der Waals surface area contributed by atoms with Crippen molar-refractivity contribution in [1.82, 2.24) is 9.55 Å². The first kappa shape index (κ1) is 23.4. The van der Waals surface area contributed by atoms with Crippen LogP contribution < -0.4 is 9.64 Å². The van der Waals surface area contributed by atoms with Gasteiger partial charge in [-0.3, -0.25) is 4.79 Å². The number of aryl methyl sites for hydroxylation is 2. The number of carbonyl (C=O) groups excluding carboxylic acids is 1. The second-order valence-electron chi connectivity index (χ2n) is 9.18. The Balaban J connectivity index is 1.38. The van der Waals surface area contributed by atoms with E-state index in [0.29, 0.717) is 24.5 Å². The van der Waals surface area contributed by atoms with Gasteiger partial charge in [-0.15, -0.1) is 0 Å². The van der Waals surface area contributed by atoms with E-state index in [1.165, 1.54) is 0 Å². The molecule has 1 fully saturated rings. The van der Waals surface area contributed by atoms with Gasteiger partial charge in [-0.1, -0.05) is 35.9 Å². The predicted octanol–water partition coefficient (Wildman–Crippen LogP) is 5.27. The third-order valence-electron chi connectivity index (χ3n) is 6.48. The van der Waals surface area contributed by atoms with Gasteiger partial charge < -0.3 is 19.3 Å². The summed E-state index contributed by atoms with van der Waals surface area (Å²) in [7, 11) is 0. The normalized spacial score (nSPS) is 16.7. The number of ether oxygens (including phenoxy) is 1. The number of carbonyl (C=O) groups is 1. The molecule has 0 spiro atoms. The molecule has 1 N–H and O–H groups in total. The van der Waals surface area contributed by atoms with Crippen molar-refractivity contribution in [3.63, 3.8) is 0 Å². The highest BCUT2D eigenvalue weighted by Gasteiger charge is 2.35. The van der Waals surface area contributed by atoms with Gasteiger partial charge >= 0.3 is 0 Å². The molecule has 4 aromatic rings. The Morgan fingerprint density at radius 3 is 2.69 bits per heavy atom. The van der Waals surface area contributed by atoms with Crippen LogP contribution in [0.2, 0.25) is 5.02 Å². The standard InChI is InChI=1S/C28H28ClN3O3/c1-18-7-8-19(2)26(13-18)35-17-23(33)16-32-25-6-4-3-5-24(25)30-28(32)20-14-27(34)31(15-20)22-11-9-21(29)10-12-22/h3-13,20,23,33H,14-17H2,1-2H3. The molecule has 2 heterocycles. The number of fused-ring (bicyclic) bond motifs is 1. The quantitative estimate of drug-likeness (QED) is 0.384. The van der Waals surface area contributed by atoms with E-state index in [-0.39, 0.29) is 18.4 Å². The Hall–Kier alpha value is -3.35. The number of rotatable bonds is 7. The van der Waals surface area contributed by atoms with E-state index in [9.17, 15) is 9.90 Å². The molecule has 2 atom stereocenters. The number of aromatic nitrogens is 2. The fourth-order valence-electron chi connectivity index (χ4n) is 4.66. The number of benzene rings is 3. The van der Waals surface area contributed by atoms with Gasteiger partial charge in [0.05, 0.1) is 17.6 Å². The fourth-order valence-corrected chi connectivity index (χ4v) is 4.79. The number of aliphatic hydroxyl groups is 1. The first-order chi connectivity index (χ1) is 16.9. The van der Waals surface area contributed by atoms with Crippen LogP contribution in [-0.2, 0) is 11.3 Å². The van der Waals surface area contributed by atoms with Gasteiger partial charge in [-0.25, -0.2) is 4.98 Å². The lowest BCUT2D eigenvalue weighted by Crippen LogP contribution is -2.26. The molecule has 1 amide bonds. The van der Waals surface area contributed by atoms with Crippen molar-refractivity contribution in [1.29, 1.82) is 0 Å². The molecule has 1 aliphatic heterocycles.